The van der Waals surface area contributed by atoms with Crippen LogP contribution in [0.3, 0.4) is 0 Å². The third-order valence-corrected chi connectivity index (χ3v) is 5.35. The van der Waals surface area contributed by atoms with Crippen LogP contribution in [0.4, 0.5) is 0 Å². The average molecular weight is 393 g/mol. The molecule has 3 rings (SSSR count). The minimum atomic E-state index is -0.855. The van der Waals surface area contributed by atoms with Gasteiger partial charge in [0, 0.05) is 35.1 Å². The minimum absolute atomic E-state index is 0.299. The molecular formula is C22H23N3O4. The molecule has 3 aromatic rings. The van der Waals surface area contributed by atoms with Crippen LogP contribution in [0.5, 0.6) is 0 Å². The van der Waals surface area contributed by atoms with Crippen molar-refractivity contribution < 1.29 is 9.85 Å². The second kappa shape index (κ2) is 8.68. The van der Waals surface area contributed by atoms with Crippen molar-refractivity contribution in [2.75, 3.05) is 0 Å². The molecule has 1 N–H and O–H groups in total. The summed E-state index contributed by atoms with van der Waals surface area (Å²) in [5.74, 6) is -0.968. The van der Waals surface area contributed by atoms with Gasteiger partial charge in [-0.1, -0.05) is 60.7 Å². The van der Waals surface area contributed by atoms with E-state index < -0.39 is 23.9 Å². The highest BCUT2D eigenvalue weighted by molar-refractivity contribution is 5.36. The van der Waals surface area contributed by atoms with Crippen molar-refractivity contribution in [1.29, 1.82) is 0 Å². The van der Waals surface area contributed by atoms with Crippen LogP contribution in [0.25, 0.3) is 0 Å². The van der Waals surface area contributed by atoms with Gasteiger partial charge in [0.2, 0.25) is 12.1 Å². The van der Waals surface area contributed by atoms with E-state index in [0.29, 0.717) is 11.4 Å². The number of hydrogen-bond acceptors (Lipinski definition) is 4. The molecule has 0 bridgehead atoms. The molecule has 0 spiro atoms. The van der Waals surface area contributed by atoms with E-state index in [4.69, 9.17) is 0 Å². The molecule has 7 nitrogen and oxygen atoms in total. The van der Waals surface area contributed by atoms with Crippen LogP contribution in [-0.2, 0) is 0 Å². The molecule has 0 amide bonds. The molecule has 2 aromatic carbocycles. The van der Waals surface area contributed by atoms with Gasteiger partial charge in [-0.25, -0.2) is 0 Å². The Morgan fingerprint density at radius 2 is 1.00 bits per heavy atom. The van der Waals surface area contributed by atoms with E-state index in [0.717, 1.165) is 11.1 Å². The fourth-order valence-corrected chi connectivity index (χ4v) is 3.79. The molecule has 7 heteroatoms. The van der Waals surface area contributed by atoms with Crippen molar-refractivity contribution in [1.82, 2.24) is 4.98 Å². The highest BCUT2D eigenvalue weighted by atomic mass is 16.6. The monoisotopic (exact) mass is 393 g/mol. The minimum Gasteiger partial charge on any atom is -0.361 e. The molecule has 150 valence electrons. The first-order valence-corrected chi connectivity index (χ1v) is 9.45. The quantitative estimate of drug-likeness (QED) is 0.446. The molecule has 4 atom stereocenters. The van der Waals surface area contributed by atoms with Crippen molar-refractivity contribution in [3.8, 4) is 0 Å². The van der Waals surface area contributed by atoms with E-state index in [-0.39, 0.29) is 9.85 Å². The number of aromatic nitrogens is 1. The van der Waals surface area contributed by atoms with Crippen LogP contribution in [0.15, 0.2) is 72.8 Å². The standard InChI is InChI=1S/C22H23N3O4/c1-15(24(26)27)21(17-9-5-3-6-10-17)19-13-14-20(23-19)22(16(2)25(28)29)18-11-7-4-8-12-18/h3-16,21-23H,1-2H3. The van der Waals surface area contributed by atoms with Gasteiger partial charge in [-0.05, 0) is 23.3 Å². The van der Waals surface area contributed by atoms with Crippen molar-refractivity contribution in [3.05, 3.63) is 116 Å². The average Bonchev–Trinajstić information content (AvgIpc) is 3.18. The largest absolute Gasteiger partial charge is 0.361 e. The zero-order valence-corrected chi connectivity index (χ0v) is 16.3. The molecule has 29 heavy (non-hydrogen) atoms. The van der Waals surface area contributed by atoms with E-state index in [9.17, 15) is 20.2 Å². The SMILES string of the molecule is CC(C(c1ccccc1)c1ccc(C(c2ccccc2)C(C)[N+](=O)[O-])[nH]1)[N+](=O)[O-]. The van der Waals surface area contributed by atoms with Gasteiger partial charge in [0.05, 0.1) is 11.8 Å². The lowest BCUT2D eigenvalue weighted by Crippen LogP contribution is -2.27. The maximum atomic E-state index is 11.5. The molecule has 1 heterocycles. The number of nitrogens with one attached hydrogen (secondary N) is 1. The van der Waals surface area contributed by atoms with Crippen molar-refractivity contribution in [2.45, 2.75) is 37.8 Å². The van der Waals surface area contributed by atoms with Gasteiger partial charge in [0.15, 0.2) is 0 Å². The number of aromatic amines is 1. The van der Waals surface area contributed by atoms with Gasteiger partial charge in [0.25, 0.3) is 0 Å². The van der Waals surface area contributed by atoms with Gasteiger partial charge in [-0.3, -0.25) is 20.2 Å². The summed E-state index contributed by atoms with van der Waals surface area (Å²) >= 11 is 0. The van der Waals surface area contributed by atoms with E-state index in [2.05, 4.69) is 4.98 Å². The van der Waals surface area contributed by atoms with Crippen LogP contribution in [-0.4, -0.2) is 26.9 Å². The summed E-state index contributed by atoms with van der Waals surface area (Å²) in [6.07, 6.45) is 0. The summed E-state index contributed by atoms with van der Waals surface area (Å²) in [5, 5.41) is 23.1. The second-order valence-corrected chi connectivity index (χ2v) is 7.20. The van der Waals surface area contributed by atoms with E-state index >= 15 is 0 Å². The van der Waals surface area contributed by atoms with Crippen molar-refractivity contribution in [2.24, 2.45) is 0 Å². The molecule has 0 aliphatic heterocycles. The molecule has 0 radical (unpaired) electrons. The van der Waals surface area contributed by atoms with Crippen molar-refractivity contribution in [3.63, 3.8) is 0 Å². The molecular weight excluding hydrogens is 370 g/mol. The van der Waals surface area contributed by atoms with Crippen LogP contribution in [0.1, 0.15) is 48.2 Å². The molecule has 1 aromatic heterocycles. The molecule has 0 aliphatic carbocycles. The Hall–Kier alpha value is -3.48. The number of nitrogens with zero attached hydrogens (tertiary/aromatic N) is 2. The first-order chi connectivity index (χ1) is 13.9. The maximum absolute atomic E-state index is 11.5. The highest BCUT2D eigenvalue weighted by Crippen LogP contribution is 2.33. The van der Waals surface area contributed by atoms with Gasteiger partial charge in [-0.2, -0.15) is 0 Å². The summed E-state index contributed by atoms with van der Waals surface area (Å²) in [5.41, 5.74) is 2.99. The Bertz CT molecular complexity index is 894. The number of hydrogen-bond donors (Lipinski definition) is 1. The third kappa shape index (κ3) is 4.34. The Labute approximate surface area is 168 Å². The van der Waals surface area contributed by atoms with E-state index in [1.807, 2.05) is 60.7 Å². The fraction of sp³-hybridized carbons (Fsp3) is 0.273. The Morgan fingerprint density at radius 1 is 0.655 bits per heavy atom. The molecule has 0 saturated heterocycles. The topological polar surface area (TPSA) is 102 Å². The van der Waals surface area contributed by atoms with Crippen LogP contribution < -0.4 is 0 Å². The zero-order chi connectivity index (χ0) is 21.0. The predicted molar refractivity (Wildman–Crippen MR) is 110 cm³/mol. The fourth-order valence-electron chi connectivity index (χ4n) is 3.79. The van der Waals surface area contributed by atoms with Crippen LogP contribution in [0, 0.1) is 20.2 Å². The summed E-state index contributed by atoms with van der Waals surface area (Å²) in [7, 11) is 0. The highest BCUT2D eigenvalue weighted by Gasteiger charge is 2.34. The number of benzene rings is 2. The predicted octanol–water partition coefficient (Wildman–Crippen LogP) is 4.61. The number of nitro groups is 2. The van der Waals surface area contributed by atoms with Gasteiger partial charge < -0.3 is 4.98 Å². The molecule has 0 saturated carbocycles. The first-order valence-electron chi connectivity index (χ1n) is 9.45. The Balaban J connectivity index is 2.05. The lowest BCUT2D eigenvalue weighted by molar-refractivity contribution is -0.520. The number of rotatable bonds is 8. The lowest BCUT2D eigenvalue weighted by atomic mass is 9.89. The van der Waals surface area contributed by atoms with E-state index in [1.54, 1.807) is 26.0 Å². The van der Waals surface area contributed by atoms with Gasteiger partial charge >= 0.3 is 0 Å². The third-order valence-electron chi connectivity index (χ3n) is 5.35. The van der Waals surface area contributed by atoms with Gasteiger partial charge in [0.1, 0.15) is 0 Å². The smallest absolute Gasteiger partial charge is 0.222 e. The Kier molecular flexibility index (Phi) is 6.07. The zero-order valence-electron chi connectivity index (χ0n) is 16.3. The first kappa shape index (κ1) is 20.3. The second-order valence-electron chi connectivity index (χ2n) is 7.20. The number of H-pyrrole nitrogens is 1. The normalized spacial score (nSPS) is 15.2. The van der Waals surface area contributed by atoms with Crippen LogP contribution in [0.2, 0.25) is 0 Å². The molecule has 4 unspecified atom stereocenters. The van der Waals surface area contributed by atoms with Gasteiger partial charge in [-0.15, -0.1) is 0 Å². The maximum Gasteiger partial charge on any atom is 0.222 e. The van der Waals surface area contributed by atoms with E-state index in [1.165, 1.54) is 0 Å². The summed E-state index contributed by atoms with van der Waals surface area (Å²) in [6.45, 7) is 3.15. The van der Waals surface area contributed by atoms with Crippen molar-refractivity contribution >= 4 is 0 Å². The lowest BCUT2D eigenvalue weighted by Gasteiger charge is -2.20. The van der Waals surface area contributed by atoms with Crippen LogP contribution >= 0.6 is 0 Å². The summed E-state index contributed by atoms with van der Waals surface area (Å²) in [4.78, 5) is 25.8. The molecule has 0 aliphatic rings. The summed E-state index contributed by atoms with van der Waals surface area (Å²) in [6, 6.07) is 20.5. The molecule has 0 fully saturated rings. The Morgan fingerprint density at radius 3 is 1.31 bits per heavy atom. The summed E-state index contributed by atoms with van der Waals surface area (Å²) < 4.78 is 0.